The second kappa shape index (κ2) is 15.4. The Labute approximate surface area is 276 Å². The maximum absolute atomic E-state index is 14.2. The average molecular weight is 648 g/mol. The molecular weight excluding hydrogens is 602 g/mol. The highest BCUT2D eigenvalue weighted by Crippen LogP contribution is 2.47. The fourth-order valence-electron chi connectivity index (χ4n) is 6.48. The normalized spacial score (nSPS) is 18.7. The molecule has 11 nitrogen and oxygen atoms in total. The van der Waals surface area contributed by atoms with Crippen LogP contribution in [0, 0.1) is 5.92 Å². The van der Waals surface area contributed by atoms with E-state index in [1.807, 2.05) is 54.2 Å². The van der Waals surface area contributed by atoms with Gasteiger partial charge in [-0.2, -0.15) is 0 Å². The fraction of sp³-hybridized carbons (Fsp3) is 0.444. The van der Waals surface area contributed by atoms with Gasteiger partial charge in [-0.1, -0.05) is 37.6 Å². The molecule has 5 rings (SSSR count). The van der Waals surface area contributed by atoms with Crippen molar-refractivity contribution in [2.45, 2.75) is 38.3 Å². The fourth-order valence-corrected chi connectivity index (χ4v) is 6.48. The van der Waals surface area contributed by atoms with E-state index in [9.17, 15) is 14.7 Å². The number of carboxylic acids is 1. The lowest BCUT2D eigenvalue weighted by Gasteiger charge is -2.30. The van der Waals surface area contributed by atoms with Crippen molar-refractivity contribution in [3.05, 3.63) is 71.8 Å². The van der Waals surface area contributed by atoms with Crippen molar-refractivity contribution in [2.75, 3.05) is 66.2 Å². The Morgan fingerprint density at radius 3 is 2.45 bits per heavy atom. The molecule has 0 bridgehead atoms. The first-order valence-corrected chi connectivity index (χ1v) is 16.0. The van der Waals surface area contributed by atoms with Crippen molar-refractivity contribution in [3.8, 4) is 28.7 Å². The number of carboxylic acid groups (broad SMARTS) is 1. The highest BCUT2D eigenvalue weighted by atomic mass is 16.7. The van der Waals surface area contributed by atoms with Crippen molar-refractivity contribution in [1.82, 2.24) is 9.80 Å². The Bertz CT molecular complexity index is 1550. The zero-order valence-corrected chi connectivity index (χ0v) is 27.8. The lowest BCUT2D eigenvalue weighted by atomic mass is 9.85. The predicted molar refractivity (Wildman–Crippen MR) is 178 cm³/mol. The van der Waals surface area contributed by atoms with Gasteiger partial charge < -0.3 is 38.6 Å². The molecule has 2 aliphatic rings. The highest BCUT2D eigenvalue weighted by Gasteiger charge is 2.48. The Morgan fingerprint density at radius 1 is 0.979 bits per heavy atom. The molecule has 2 aliphatic heterocycles. The monoisotopic (exact) mass is 647 g/mol. The van der Waals surface area contributed by atoms with E-state index >= 15 is 0 Å². The van der Waals surface area contributed by atoms with Gasteiger partial charge in [0.05, 0.1) is 32.7 Å². The maximum atomic E-state index is 14.2. The first-order chi connectivity index (χ1) is 22.7. The SMILES string of the molecule is CCCCN(C(=O)CN1C[C@H](c2cc(OC)c3c(c2)OCO3)[C@@H](C(=O)O)[C@@H]1COc1ccccc1OC)c1cccc(CN(C)C)c1. The molecule has 11 heteroatoms. The Morgan fingerprint density at radius 2 is 1.74 bits per heavy atom. The van der Waals surface area contributed by atoms with Crippen molar-refractivity contribution in [2.24, 2.45) is 5.92 Å². The van der Waals surface area contributed by atoms with Gasteiger partial charge in [-0.3, -0.25) is 14.5 Å². The van der Waals surface area contributed by atoms with E-state index in [0.29, 0.717) is 41.8 Å². The summed E-state index contributed by atoms with van der Waals surface area (Å²) in [7, 11) is 7.12. The van der Waals surface area contributed by atoms with E-state index in [4.69, 9.17) is 23.7 Å². The summed E-state index contributed by atoms with van der Waals surface area (Å²) < 4.78 is 28.6. The lowest BCUT2D eigenvalue weighted by molar-refractivity contribution is -0.143. The minimum Gasteiger partial charge on any atom is -0.493 e. The van der Waals surface area contributed by atoms with Gasteiger partial charge in [0.1, 0.15) is 6.61 Å². The van der Waals surface area contributed by atoms with Gasteiger partial charge in [0.15, 0.2) is 23.0 Å². The number of hydrogen-bond acceptors (Lipinski definition) is 9. The number of rotatable bonds is 15. The van der Waals surface area contributed by atoms with Crippen molar-refractivity contribution < 1.29 is 38.4 Å². The summed E-state index contributed by atoms with van der Waals surface area (Å²) >= 11 is 0. The summed E-state index contributed by atoms with van der Waals surface area (Å²) in [6, 6.07) is 18.3. The van der Waals surface area contributed by atoms with Gasteiger partial charge in [0.25, 0.3) is 0 Å². The number of carbonyl (C=O) groups excluding carboxylic acids is 1. The van der Waals surface area contributed by atoms with Crippen LogP contribution < -0.4 is 28.6 Å². The summed E-state index contributed by atoms with van der Waals surface area (Å²) in [6.07, 6.45) is 1.76. The average Bonchev–Trinajstić information content (AvgIpc) is 3.68. The molecule has 3 aromatic carbocycles. The third-order valence-electron chi connectivity index (χ3n) is 8.72. The molecule has 3 atom stereocenters. The molecule has 0 saturated carbocycles. The van der Waals surface area contributed by atoms with Crippen molar-refractivity contribution in [1.29, 1.82) is 0 Å². The molecule has 0 aliphatic carbocycles. The summed E-state index contributed by atoms with van der Waals surface area (Å²) in [5.74, 6) is 0.0541. The van der Waals surface area contributed by atoms with E-state index in [1.165, 1.54) is 7.11 Å². The zero-order valence-electron chi connectivity index (χ0n) is 27.8. The predicted octanol–water partition coefficient (Wildman–Crippen LogP) is 4.88. The standard InChI is InChI=1S/C36H45N3O8/c1-6-7-15-39(26-12-10-11-24(16-26)19-37(2)3)33(40)21-38-20-27(25-17-31(44-5)35-32(18-25)46-23-47-35)34(36(41)42)28(38)22-45-30-14-9-8-13-29(30)43-4/h8-14,16-18,27-28,34H,6-7,15,19-23H2,1-5H3,(H,41,42)/t27-,28+,34-/m1/s1. The molecule has 47 heavy (non-hydrogen) atoms. The van der Waals surface area contributed by atoms with E-state index in [1.54, 1.807) is 25.3 Å². The number of unbranched alkanes of at least 4 members (excludes halogenated alkanes) is 1. The van der Waals surface area contributed by atoms with Crippen LogP contribution in [0.25, 0.3) is 0 Å². The van der Waals surface area contributed by atoms with E-state index in [0.717, 1.165) is 36.2 Å². The maximum Gasteiger partial charge on any atom is 0.308 e. The number of likely N-dealkylation sites (tertiary alicyclic amines) is 1. The number of fused-ring (bicyclic) bond motifs is 1. The number of nitrogens with zero attached hydrogens (tertiary/aromatic N) is 3. The minimum atomic E-state index is -0.977. The number of hydrogen-bond donors (Lipinski definition) is 1. The zero-order chi connectivity index (χ0) is 33.5. The first kappa shape index (κ1) is 33.9. The topological polar surface area (TPSA) is 110 Å². The Kier molecular flexibility index (Phi) is 11.1. The molecule has 3 aromatic rings. The largest absolute Gasteiger partial charge is 0.493 e. The molecule has 0 aromatic heterocycles. The first-order valence-electron chi connectivity index (χ1n) is 16.0. The summed E-state index contributed by atoms with van der Waals surface area (Å²) in [5.41, 5.74) is 2.67. The lowest BCUT2D eigenvalue weighted by Crippen LogP contribution is -2.46. The molecule has 2 heterocycles. The van der Waals surface area contributed by atoms with Crippen LogP contribution in [0.5, 0.6) is 28.7 Å². The van der Waals surface area contributed by atoms with Crippen LogP contribution in [0.3, 0.4) is 0 Å². The van der Waals surface area contributed by atoms with Gasteiger partial charge in [0, 0.05) is 31.2 Å². The number of anilines is 1. The number of benzene rings is 3. The molecule has 1 fully saturated rings. The third kappa shape index (κ3) is 7.74. The van der Waals surface area contributed by atoms with Crippen LogP contribution in [0.1, 0.15) is 36.8 Å². The van der Waals surface area contributed by atoms with Crippen molar-refractivity contribution in [3.63, 3.8) is 0 Å². The molecular formula is C36H45N3O8. The third-order valence-corrected chi connectivity index (χ3v) is 8.72. The molecule has 1 N–H and O–H groups in total. The van der Waals surface area contributed by atoms with Crippen LogP contribution in [0.4, 0.5) is 5.69 Å². The Hall–Kier alpha value is -4.48. The smallest absolute Gasteiger partial charge is 0.308 e. The van der Waals surface area contributed by atoms with Gasteiger partial charge in [-0.05, 0) is 68.0 Å². The number of para-hydroxylation sites is 2. The Balaban J connectivity index is 1.49. The van der Waals surface area contributed by atoms with Crippen molar-refractivity contribution >= 4 is 17.6 Å². The molecule has 252 valence electrons. The van der Waals surface area contributed by atoms with E-state index in [2.05, 4.69) is 24.0 Å². The molecule has 1 amide bonds. The van der Waals surface area contributed by atoms with Crippen LogP contribution >= 0.6 is 0 Å². The molecule has 0 spiro atoms. The van der Waals surface area contributed by atoms with Gasteiger partial charge in [-0.25, -0.2) is 0 Å². The number of amides is 1. The van der Waals surface area contributed by atoms with Crippen LogP contribution in [-0.2, 0) is 16.1 Å². The number of methoxy groups -OCH3 is 2. The number of aliphatic carboxylic acids is 1. The number of ether oxygens (including phenoxy) is 5. The second-order valence-corrected chi connectivity index (χ2v) is 12.2. The van der Waals surface area contributed by atoms with Crippen LogP contribution in [-0.4, -0.2) is 94.2 Å². The second-order valence-electron chi connectivity index (χ2n) is 12.2. The minimum absolute atomic E-state index is 0.0174. The van der Waals surface area contributed by atoms with Gasteiger partial charge >= 0.3 is 5.97 Å². The summed E-state index contributed by atoms with van der Waals surface area (Å²) in [5, 5.41) is 10.7. The van der Waals surface area contributed by atoms with Crippen LogP contribution in [0.15, 0.2) is 60.7 Å². The quantitative estimate of drug-likeness (QED) is 0.245. The number of carbonyl (C=O) groups is 2. The van der Waals surface area contributed by atoms with Gasteiger partial charge in [-0.15, -0.1) is 0 Å². The van der Waals surface area contributed by atoms with Gasteiger partial charge in [0.2, 0.25) is 18.4 Å². The molecule has 0 radical (unpaired) electrons. The molecule has 0 unspecified atom stereocenters. The molecule has 1 saturated heterocycles. The van der Waals surface area contributed by atoms with Crippen LogP contribution in [0.2, 0.25) is 0 Å². The van der Waals surface area contributed by atoms with E-state index in [-0.39, 0.29) is 25.9 Å². The highest BCUT2D eigenvalue weighted by molar-refractivity contribution is 5.95. The summed E-state index contributed by atoms with van der Waals surface area (Å²) in [6.45, 7) is 3.83. The van der Waals surface area contributed by atoms with E-state index < -0.39 is 23.8 Å². The summed E-state index contributed by atoms with van der Waals surface area (Å²) in [4.78, 5) is 33.2.